The molecule has 0 aliphatic heterocycles. The van der Waals surface area contributed by atoms with Gasteiger partial charge in [0, 0.05) is 6.54 Å². The van der Waals surface area contributed by atoms with Crippen molar-refractivity contribution in [3.05, 3.63) is 35.9 Å². The summed E-state index contributed by atoms with van der Waals surface area (Å²) in [5.41, 5.74) is 0.984. The van der Waals surface area contributed by atoms with Crippen LogP contribution in [0.5, 0.6) is 0 Å². The van der Waals surface area contributed by atoms with Crippen LogP contribution in [0.1, 0.15) is 57.6 Å². The molecule has 1 atom stereocenters. The monoisotopic (exact) mass is 290 g/mol. The molecule has 4 nitrogen and oxygen atoms in total. The van der Waals surface area contributed by atoms with Crippen LogP contribution in [0.3, 0.4) is 0 Å². The predicted octanol–water partition coefficient (Wildman–Crippen LogP) is 2.95. The summed E-state index contributed by atoms with van der Waals surface area (Å²) in [6.45, 7) is 4.60. The number of hydrogen-bond acceptors (Lipinski definition) is 2. The van der Waals surface area contributed by atoms with Crippen LogP contribution in [-0.4, -0.2) is 18.4 Å². The molecule has 0 radical (unpaired) electrons. The zero-order valence-electron chi connectivity index (χ0n) is 13.0. The lowest BCUT2D eigenvalue weighted by Gasteiger charge is -2.14. The molecule has 0 heterocycles. The summed E-state index contributed by atoms with van der Waals surface area (Å²) in [5.74, 6) is -1.12. The Morgan fingerprint density at radius 2 is 1.67 bits per heavy atom. The Morgan fingerprint density at radius 3 is 2.33 bits per heavy atom. The standard InChI is InChI=1S/C17H26N2O2/c1-3-4-5-6-10-13-18-16(20)17(21)19-14(2)15-11-8-7-9-12-15/h7-9,11-12,14H,3-6,10,13H2,1-2H3,(H,18,20)(H,19,21)/t14-/m0/s1. The summed E-state index contributed by atoms with van der Waals surface area (Å²) in [4.78, 5) is 23.4. The van der Waals surface area contributed by atoms with Gasteiger partial charge in [0.05, 0.1) is 6.04 Å². The average Bonchev–Trinajstić information content (AvgIpc) is 2.51. The van der Waals surface area contributed by atoms with E-state index in [1.54, 1.807) is 0 Å². The second-order valence-corrected chi connectivity index (χ2v) is 5.28. The third kappa shape index (κ3) is 6.93. The number of carbonyl (C=O) groups excluding carboxylic acids is 2. The van der Waals surface area contributed by atoms with Gasteiger partial charge in [-0.25, -0.2) is 0 Å². The van der Waals surface area contributed by atoms with E-state index in [2.05, 4.69) is 17.6 Å². The number of carbonyl (C=O) groups is 2. The number of unbranched alkanes of at least 4 members (excludes halogenated alkanes) is 4. The van der Waals surface area contributed by atoms with Crippen molar-refractivity contribution in [2.45, 2.75) is 52.0 Å². The van der Waals surface area contributed by atoms with Crippen LogP contribution < -0.4 is 10.6 Å². The molecule has 2 N–H and O–H groups in total. The summed E-state index contributed by atoms with van der Waals surface area (Å²) >= 11 is 0. The molecular formula is C17H26N2O2. The second kappa shape index (κ2) is 9.97. The number of benzene rings is 1. The molecule has 0 unspecified atom stereocenters. The quantitative estimate of drug-likeness (QED) is 0.571. The molecule has 0 fully saturated rings. The van der Waals surface area contributed by atoms with Gasteiger partial charge in [-0.15, -0.1) is 0 Å². The highest BCUT2D eigenvalue weighted by molar-refractivity contribution is 6.35. The maximum absolute atomic E-state index is 11.8. The first kappa shape index (κ1) is 17.2. The normalized spacial score (nSPS) is 11.7. The highest BCUT2D eigenvalue weighted by Gasteiger charge is 2.16. The lowest BCUT2D eigenvalue weighted by molar-refractivity contribution is -0.139. The first-order valence-electron chi connectivity index (χ1n) is 7.78. The Labute approximate surface area is 127 Å². The smallest absolute Gasteiger partial charge is 0.309 e. The van der Waals surface area contributed by atoms with E-state index >= 15 is 0 Å². The number of rotatable bonds is 8. The largest absolute Gasteiger partial charge is 0.348 e. The van der Waals surface area contributed by atoms with E-state index in [0.717, 1.165) is 18.4 Å². The van der Waals surface area contributed by atoms with E-state index in [4.69, 9.17) is 0 Å². The molecule has 4 heteroatoms. The van der Waals surface area contributed by atoms with Crippen LogP contribution in [0.25, 0.3) is 0 Å². The summed E-state index contributed by atoms with van der Waals surface area (Å²) in [7, 11) is 0. The lowest BCUT2D eigenvalue weighted by atomic mass is 10.1. The molecule has 0 aliphatic carbocycles. The van der Waals surface area contributed by atoms with Gasteiger partial charge in [-0.2, -0.15) is 0 Å². The molecule has 116 valence electrons. The van der Waals surface area contributed by atoms with Crippen molar-refractivity contribution in [1.29, 1.82) is 0 Å². The Balaban J connectivity index is 2.23. The van der Waals surface area contributed by atoms with Crippen LogP contribution in [0, 0.1) is 0 Å². The van der Waals surface area contributed by atoms with Crippen molar-refractivity contribution in [2.75, 3.05) is 6.54 Å². The van der Waals surface area contributed by atoms with Crippen molar-refractivity contribution in [3.8, 4) is 0 Å². The number of nitrogens with one attached hydrogen (secondary N) is 2. The Morgan fingerprint density at radius 1 is 1.00 bits per heavy atom. The van der Waals surface area contributed by atoms with Crippen molar-refractivity contribution in [1.82, 2.24) is 10.6 Å². The zero-order valence-corrected chi connectivity index (χ0v) is 13.0. The Bertz CT molecular complexity index is 432. The molecular weight excluding hydrogens is 264 g/mol. The molecule has 21 heavy (non-hydrogen) atoms. The lowest BCUT2D eigenvalue weighted by Crippen LogP contribution is -2.41. The predicted molar refractivity (Wildman–Crippen MR) is 84.8 cm³/mol. The Hall–Kier alpha value is -1.84. The SMILES string of the molecule is CCCCCCCNC(=O)C(=O)N[C@@H](C)c1ccccc1. The fraction of sp³-hybridized carbons (Fsp3) is 0.529. The molecule has 0 aromatic heterocycles. The van der Waals surface area contributed by atoms with Crippen LogP contribution in [0.15, 0.2) is 30.3 Å². The fourth-order valence-electron chi connectivity index (χ4n) is 2.10. The number of amides is 2. The minimum absolute atomic E-state index is 0.172. The van der Waals surface area contributed by atoms with Gasteiger partial charge < -0.3 is 10.6 Å². The van der Waals surface area contributed by atoms with Crippen molar-refractivity contribution < 1.29 is 9.59 Å². The third-order valence-electron chi connectivity index (χ3n) is 3.42. The maximum atomic E-state index is 11.8. The first-order valence-corrected chi connectivity index (χ1v) is 7.78. The van der Waals surface area contributed by atoms with Crippen LogP contribution in [0.2, 0.25) is 0 Å². The molecule has 1 aromatic rings. The molecule has 0 saturated carbocycles. The van der Waals surface area contributed by atoms with Crippen molar-refractivity contribution in [2.24, 2.45) is 0 Å². The first-order chi connectivity index (χ1) is 10.1. The van der Waals surface area contributed by atoms with Gasteiger partial charge in [0.2, 0.25) is 0 Å². The summed E-state index contributed by atoms with van der Waals surface area (Å²) < 4.78 is 0. The van der Waals surface area contributed by atoms with Crippen LogP contribution in [0.4, 0.5) is 0 Å². The molecule has 1 aromatic carbocycles. The van der Waals surface area contributed by atoms with E-state index in [9.17, 15) is 9.59 Å². The van der Waals surface area contributed by atoms with E-state index in [1.807, 2.05) is 37.3 Å². The zero-order chi connectivity index (χ0) is 15.5. The summed E-state index contributed by atoms with van der Waals surface area (Å²) in [5, 5.41) is 5.37. The summed E-state index contributed by atoms with van der Waals surface area (Å²) in [6.07, 6.45) is 5.63. The van der Waals surface area contributed by atoms with E-state index in [-0.39, 0.29) is 6.04 Å². The van der Waals surface area contributed by atoms with Crippen molar-refractivity contribution >= 4 is 11.8 Å². The highest BCUT2D eigenvalue weighted by Crippen LogP contribution is 2.10. The minimum Gasteiger partial charge on any atom is -0.348 e. The molecule has 1 rings (SSSR count). The maximum Gasteiger partial charge on any atom is 0.309 e. The van der Waals surface area contributed by atoms with Gasteiger partial charge in [-0.3, -0.25) is 9.59 Å². The minimum atomic E-state index is -0.570. The molecule has 0 aliphatic rings. The van der Waals surface area contributed by atoms with Gasteiger partial charge in [-0.05, 0) is 18.9 Å². The second-order valence-electron chi connectivity index (χ2n) is 5.28. The van der Waals surface area contributed by atoms with Crippen LogP contribution in [-0.2, 0) is 9.59 Å². The van der Waals surface area contributed by atoms with Gasteiger partial charge in [0.1, 0.15) is 0 Å². The Kier molecular flexibility index (Phi) is 8.17. The molecule has 0 bridgehead atoms. The van der Waals surface area contributed by atoms with Crippen LogP contribution >= 0.6 is 0 Å². The van der Waals surface area contributed by atoms with Crippen molar-refractivity contribution in [3.63, 3.8) is 0 Å². The van der Waals surface area contributed by atoms with Gasteiger partial charge in [-0.1, -0.05) is 62.9 Å². The highest BCUT2D eigenvalue weighted by atomic mass is 16.2. The third-order valence-corrected chi connectivity index (χ3v) is 3.42. The molecule has 0 spiro atoms. The molecule has 2 amide bonds. The van der Waals surface area contributed by atoms with E-state index < -0.39 is 11.8 Å². The van der Waals surface area contributed by atoms with Gasteiger partial charge in [0.25, 0.3) is 0 Å². The topological polar surface area (TPSA) is 58.2 Å². The average molecular weight is 290 g/mol. The van der Waals surface area contributed by atoms with E-state index in [0.29, 0.717) is 6.54 Å². The van der Waals surface area contributed by atoms with Gasteiger partial charge >= 0.3 is 11.8 Å². The summed E-state index contributed by atoms with van der Waals surface area (Å²) in [6, 6.07) is 9.42. The van der Waals surface area contributed by atoms with E-state index in [1.165, 1.54) is 19.3 Å². The molecule has 0 saturated heterocycles. The van der Waals surface area contributed by atoms with Gasteiger partial charge in [0.15, 0.2) is 0 Å². The number of hydrogen-bond donors (Lipinski definition) is 2. The fourth-order valence-corrected chi connectivity index (χ4v) is 2.10.